The fourth-order valence-electron chi connectivity index (χ4n) is 2.85. The highest BCUT2D eigenvalue weighted by molar-refractivity contribution is 5.79. The lowest BCUT2D eigenvalue weighted by Crippen LogP contribution is -2.43. The maximum absolute atomic E-state index is 12.2. The van der Waals surface area contributed by atoms with E-state index in [9.17, 15) is 9.59 Å². The summed E-state index contributed by atoms with van der Waals surface area (Å²) in [6.45, 7) is 5.76. The lowest BCUT2D eigenvalue weighted by atomic mass is 10.0. The van der Waals surface area contributed by atoms with Gasteiger partial charge in [0.05, 0.1) is 12.5 Å². The molecule has 2 atom stereocenters. The molecular formula is C13H22N2O3. The highest BCUT2D eigenvalue weighted by Gasteiger charge is 2.38. The van der Waals surface area contributed by atoms with Crippen LogP contribution in [0.25, 0.3) is 0 Å². The standard InChI is InChI=1S/C13H22N2O3/c1-3-15(10-4-5-10)12(16)8-14-7-6-11(9(14)2)13(17)18/h9-11H,3-8H2,1-2H3,(H,17,18). The summed E-state index contributed by atoms with van der Waals surface area (Å²) in [4.78, 5) is 27.1. The lowest BCUT2D eigenvalue weighted by Gasteiger charge is -2.27. The van der Waals surface area contributed by atoms with E-state index in [-0.39, 0.29) is 17.9 Å². The number of likely N-dealkylation sites (tertiary alicyclic amines) is 1. The summed E-state index contributed by atoms with van der Waals surface area (Å²) in [7, 11) is 0. The molecule has 2 aliphatic rings. The van der Waals surface area contributed by atoms with Gasteiger partial charge < -0.3 is 10.0 Å². The fraction of sp³-hybridized carbons (Fsp3) is 0.846. The summed E-state index contributed by atoms with van der Waals surface area (Å²) in [6, 6.07) is 0.403. The lowest BCUT2D eigenvalue weighted by molar-refractivity contribution is -0.143. The van der Waals surface area contributed by atoms with Crippen LogP contribution < -0.4 is 0 Å². The first kappa shape index (κ1) is 13.3. The Kier molecular flexibility index (Phi) is 3.90. The fourth-order valence-corrected chi connectivity index (χ4v) is 2.85. The minimum absolute atomic E-state index is 0.0376. The smallest absolute Gasteiger partial charge is 0.308 e. The van der Waals surface area contributed by atoms with E-state index >= 15 is 0 Å². The highest BCUT2D eigenvalue weighted by Crippen LogP contribution is 2.28. The van der Waals surface area contributed by atoms with Crippen LogP contribution in [0.15, 0.2) is 0 Å². The van der Waals surface area contributed by atoms with Gasteiger partial charge in [0.25, 0.3) is 0 Å². The third kappa shape index (κ3) is 2.66. The Hall–Kier alpha value is -1.10. The molecule has 102 valence electrons. The van der Waals surface area contributed by atoms with Gasteiger partial charge in [0, 0.05) is 18.6 Å². The van der Waals surface area contributed by atoms with Gasteiger partial charge in [-0.15, -0.1) is 0 Å². The van der Waals surface area contributed by atoms with Crippen molar-refractivity contribution in [3.8, 4) is 0 Å². The Morgan fingerprint density at radius 2 is 2.00 bits per heavy atom. The SMILES string of the molecule is CCN(C(=O)CN1CCC(C(=O)O)C1C)C1CC1. The molecule has 1 saturated carbocycles. The van der Waals surface area contributed by atoms with Crippen molar-refractivity contribution in [2.75, 3.05) is 19.6 Å². The number of carbonyl (C=O) groups is 2. The number of hydrogen-bond acceptors (Lipinski definition) is 3. The van der Waals surface area contributed by atoms with Crippen LogP contribution in [0.1, 0.15) is 33.1 Å². The van der Waals surface area contributed by atoms with Crippen LogP contribution in [0.5, 0.6) is 0 Å². The maximum Gasteiger partial charge on any atom is 0.308 e. The number of carboxylic acid groups (broad SMARTS) is 1. The van der Waals surface area contributed by atoms with E-state index in [0.717, 1.165) is 19.4 Å². The molecule has 1 N–H and O–H groups in total. The molecule has 1 aliphatic carbocycles. The summed E-state index contributed by atoms with van der Waals surface area (Å²) < 4.78 is 0. The van der Waals surface area contributed by atoms with Crippen molar-refractivity contribution >= 4 is 11.9 Å². The van der Waals surface area contributed by atoms with Crippen LogP contribution in [0.4, 0.5) is 0 Å². The van der Waals surface area contributed by atoms with Crippen LogP contribution in [0.3, 0.4) is 0 Å². The Morgan fingerprint density at radius 1 is 1.33 bits per heavy atom. The van der Waals surface area contributed by atoms with Gasteiger partial charge in [-0.2, -0.15) is 0 Å². The molecule has 0 aromatic carbocycles. The van der Waals surface area contributed by atoms with Gasteiger partial charge in [-0.1, -0.05) is 0 Å². The zero-order valence-corrected chi connectivity index (χ0v) is 11.1. The number of carbonyl (C=O) groups excluding carboxylic acids is 1. The summed E-state index contributed by atoms with van der Waals surface area (Å²) in [6.07, 6.45) is 2.89. The molecule has 0 bridgehead atoms. The number of amides is 1. The molecule has 2 rings (SSSR count). The molecule has 2 unspecified atom stereocenters. The second-order valence-corrected chi connectivity index (χ2v) is 5.36. The second-order valence-electron chi connectivity index (χ2n) is 5.36. The number of rotatable bonds is 5. The number of aliphatic carboxylic acids is 1. The van der Waals surface area contributed by atoms with Gasteiger partial charge in [-0.3, -0.25) is 14.5 Å². The first-order chi connectivity index (χ1) is 8.54. The third-order valence-corrected chi connectivity index (χ3v) is 4.19. The van der Waals surface area contributed by atoms with Crippen LogP contribution in [-0.4, -0.2) is 58.5 Å². The van der Waals surface area contributed by atoms with Gasteiger partial charge in [-0.05, 0) is 39.7 Å². The van der Waals surface area contributed by atoms with E-state index in [1.54, 1.807) is 0 Å². The van der Waals surface area contributed by atoms with E-state index < -0.39 is 5.97 Å². The van der Waals surface area contributed by atoms with Gasteiger partial charge in [-0.25, -0.2) is 0 Å². The van der Waals surface area contributed by atoms with Crippen LogP contribution >= 0.6 is 0 Å². The first-order valence-corrected chi connectivity index (χ1v) is 6.81. The van der Waals surface area contributed by atoms with Crippen molar-refractivity contribution in [1.82, 2.24) is 9.80 Å². The topological polar surface area (TPSA) is 60.9 Å². The van der Waals surface area contributed by atoms with Gasteiger partial charge >= 0.3 is 5.97 Å². The van der Waals surface area contributed by atoms with E-state index in [1.165, 1.54) is 0 Å². The van der Waals surface area contributed by atoms with Crippen molar-refractivity contribution in [3.05, 3.63) is 0 Å². The van der Waals surface area contributed by atoms with Crippen LogP contribution in [-0.2, 0) is 9.59 Å². The minimum Gasteiger partial charge on any atom is -0.481 e. The molecular weight excluding hydrogens is 232 g/mol. The Labute approximate surface area is 108 Å². The monoisotopic (exact) mass is 254 g/mol. The van der Waals surface area contributed by atoms with Crippen molar-refractivity contribution < 1.29 is 14.7 Å². The molecule has 1 aliphatic heterocycles. The summed E-state index contributed by atoms with van der Waals surface area (Å²) in [5, 5.41) is 9.07. The van der Waals surface area contributed by atoms with Gasteiger partial charge in [0.2, 0.25) is 5.91 Å². The number of nitrogens with zero attached hydrogens (tertiary/aromatic N) is 2. The summed E-state index contributed by atoms with van der Waals surface area (Å²) in [5.41, 5.74) is 0. The zero-order valence-electron chi connectivity index (χ0n) is 11.1. The van der Waals surface area contributed by atoms with Crippen molar-refractivity contribution in [2.45, 2.75) is 45.2 Å². The Morgan fingerprint density at radius 3 is 2.44 bits per heavy atom. The van der Waals surface area contributed by atoms with Crippen molar-refractivity contribution in [2.24, 2.45) is 5.92 Å². The van der Waals surface area contributed by atoms with Crippen LogP contribution in [0.2, 0.25) is 0 Å². The number of carboxylic acids is 1. The molecule has 1 saturated heterocycles. The van der Waals surface area contributed by atoms with E-state index in [1.807, 2.05) is 23.6 Å². The highest BCUT2D eigenvalue weighted by atomic mass is 16.4. The van der Waals surface area contributed by atoms with Crippen LogP contribution in [0, 0.1) is 5.92 Å². The molecule has 0 aromatic rings. The Bertz CT molecular complexity index is 341. The molecule has 2 fully saturated rings. The molecule has 18 heavy (non-hydrogen) atoms. The molecule has 0 spiro atoms. The quantitative estimate of drug-likeness (QED) is 0.788. The van der Waals surface area contributed by atoms with Crippen molar-refractivity contribution in [3.63, 3.8) is 0 Å². The van der Waals surface area contributed by atoms with E-state index in [0.29, 0.717) is 25.6 Å². The largest absolute Gasteiger partial charge is 0.481 e. The number of hydrogen-bond donors (Lipinski definition) is 1. The normalized spacial score (nSPS) is 28.3. The predicted octanol–water partition coefficient (Wildman–Crippen LogP) is 0.792. The first-order valence-electron chi connectivity index (χ1n) is 6.81. The van der Waals surface area contributed by atoms with E-state index in [2.05, 4.69) is 0 Å². The van der Waals surface area contributed by atoms with Gasteiger partial charge in [0.1, 0.15) is 0 Å². The van der Waals surface area contributed by atoms with Gasteiger partial charge in [0.15, 0.2) is 0 Å². The molecule has 5 heteroatoms. The second kappa shape index (κ2) is 5.26. The van der Waals surface area contributed by atoms with Crippen molar-refractivity contribution in [1.29, 1.82) is 0 Å². The summed E-state index contributed by atoms with van der Waals surface area (Å²) >= 11 is 0. The zero-order chi connectivity index (χ0) is 13.3. The summed E-state index contributed by atoms with van der Waals surface area (Å²) in [5.74, 6) is -0.918. The van der Waals surface area contributed by atoms with E-state index in [4.69, 9.17) is 5.11 Å². The average molecular weight is 254 g/mol. The molecule has 1 amide bonds. The Balaban J connectivity index is 1.89. The molecule has 1 heterocycles. The molecule has 0 radical (unpaired) electrons. The number of likely N-dealkylation sites (N-methyl/N-ethyl adjacent to an activating group) is 1. The third-order valence-electron chi connectivity index (χ3n) is 4.19. The predicted molar refractivity (Wildman–Crippen MR) is 67.2 cm³/mol. The average Bonchev–Trinajstić information content (AvgIpc) is 3.06. The molecule has 5 nitrogen and oxygen atoms in total. The molecule has 0 aromatic heterocycles. The maximum atomic E-state index is 12.2. The minimum atomic E-state index is -0.744.